The number of amides is 1. The van der Waals surface area contributed by atoms with Gasteiger partial charge in [0.15, 0.2) is 0 Å². The number of ketones is 1. The van der Waals surface area contributed by atoms with E-state index in [1.54, 1.807) is 36.4 Å². The molecule has 180 valence electrons. The summed E-state index contributed by atoms with van der Waals surface area (Å²) in [6.45, 7) is 2.93. The molecule has 0 bridgehead atoms. The monoisotopic (exact) mass is 471 g/mol. The van der Waals surface area contributed by atoms with Gasteiger partial charge in [-0.15, -0.1) is 0 Å². The number of carbonyl (C=O) groups excluding carboxylic acids is 2. The van der Waals surface area contributed by atoms with Crippen LogP contribution in [0.25, 0.3) is 5.76 Å². The largest absolute Gasteiger partial charge is 0.508 e. The molecule has 2 N–H and O–H groups in total. The minimum atomic E-state index is -0.774. The summed E-state index contributed by atoms with van der Waals surface area (Å²) in [5, 5.41) is 21.0. The predicted molar refractivity (Wildman–Crippen MR) is 134 cm³/mol. The van der Waals surface area contributed by atoms with Crippen molar-refractivity contribution in [2.75, 3.05) is 13.2 Å². The minimum absolute atomic E-state index is 0.0273. The number of benzene rings is 3. The Labute approximate surface area is 205 Å². The lowest BCUT2D eigenvalue weighted by molar-refractivity contribution is -0.139. The molecule has 1 saturated heterocycles. The molecule has 1 aliphatic heterocycles. The van der Waals surface area contributed by atoms with Crippen LogP contribution in [-0.2, 0) is 16.0 Å². The average Bonchev–Trinajstić information content (AvgIpc) is 3.13. The van der Waals surface area contributed by atoms with Gasteiger partial charge in [0.25, 0.3) is 11.7 Å². The highest BCUT2D eigenvalue weighted by Gasteiger charge is 2.45. The Morgan fingerprint density at radius 2 is 1.71 bits per heavy atom. The number of aromatic hydroxyl groups is 1. The van der Waals surface area contributed by atoms with Crippen LogP contribution >= 0.6 is 0 Å². The van der Waals surface area contributed by atoms with Gasteiger partial charge in [-0.2, -0.15) is 0 Å². The van der Waals surface area contributed by atoms with Gasteiger partial charge in [-0.25, -0.2) is 0 Å². The van der Waals surface area contributed by atoms with Gasteiger partial charge < -0.3 is 19.8 Å². The normalized spacial score (nSPS) is 17.1. The minimum Gasteiger partial charge on any atom is -0.508 e. The van der Waals surface area contributed by atoms with Crippen LogP contribution in [0.4, 0.5) is 0 Å². The van der Waals surface area contributed by atoms with Crippen LogP contribution in [0.2, 0.25) is 0 Å². The molecule has 1 heterocycles. The number of hydrogen-bond acceptors (Lipinski definition) is 5. The Kier molecular flexibility index (Phi) is 7.51. The summed E-state index contributed by atoms with van der Waals surface area (Å²) < 4.78 is 5.76. The fourth-order valence-electron chi connectivity index (χ4n) is 4.23. The van der Waals surface area contributed by atoms with Gasteiger partial charge in [0.05, 0.1) is 18.2 Å². The van der Waals surface area contributed by atoms with E-state index in [-0.39, 0.29) is 17.1 Å². The zero-order valence-electron chi connectivity index (χ0n) is 19.7. The molecule has 1 amide bonds. The Balaban J connectivity index is 1.73. The smallest absolute Gasteiger partial charge is 0.295 e. The number of aliphatic hydroxyl groups is 1. The number of rotatable bonds is 9. The fraction of sp³-hybridized carbons (Fsp3) is 0.241. The molecule has 3 aromatic carbocycles. The first-order chi connectivity index (χ1) is 17.0. The summed E-state index contributed by atoms with van der Waals surface area (Å²) in [7, 11) is 0. The molecule has 1 aliphatic rings. The molecule has 1 atom stereocenters. The third kappa shape index (κ3) is 5.38. The molecule has 0 spiro atoms. The van der Waals surface area contributed by atoms with Crippen molar-refractivity contribution >= 4 is 17.4 Å². The van der Waals surface area contributed by atoms with E-state index in [4.69, 9.17) is 4.74 Å². The van der Waals surface area contributed by atoms with E-state index in [0.29, 0.717) is 36.4 Å². The van der Waals surface area contributed by atoms with Gasteiger partial charge in [-0.3, -0.25) is 9.59 Å². The molecule has 0 radical (unpaired) electrons. The van der Waals surface area contributed by atoms with Crippen molar-refractivity contribution < 1.29 is 24.5 Å². The maximum absolute atomic E-state index is 13.2. The van der Waals surface area contributed by atoms with Crippen molar-refractivity contribution in [1.29, 1.82) is 0 Å². The Morgan fingerprint density at radius 1 is 0.971 bits per heavy atom. The second kappa shape index (κ2) is 10.9. The number of ether oxygens (including phenoxy) is 1. The number of Topliss-reactive ketones (excluding diaryl/α,β-unsaturated/α-hetero) is 1. The van der Waals surface area contributed by atoms with Crippen molar-refractivity contribution in [3.05, 3.63) is 101 Å². The zero-order chi connectivity index (χ0) is 24.8. The molecule has 3 aromatic rings. The number of hydrogen-bond donors (Lipinski definition) is 2. The van der Waals surface area contributed by atoms with Crippen molar-refractivity contribution in [3.63, 3.8) is 0 Å². The number of carbonyl (C=O) groups is 2. The van der Waals surface area contributed by atoms with E-state index in [0.717, 1.165) is 18.4 Å². The number of phenols is 1. The standard InChI is InChI=1S/C29H29NO5/c1-2-3-18-35-24-11-7-10-22(19-24)27(32)25-26(21-12-14-23(31)15-13-21)30(29(34)28(25)33)17-16-20-8-5-4-6-9-20/h4-15,19,26,31-32H,2-3,16-18H2,1H3/b27-25+. The van der Waals surface area contributed by atoms with E-state index in [1.165, 1.54) is 17.0 Å². The lowest BCUT2D eigenvalue weighted by Gasteiger charge is -2.25. The molecule has 1 fully saturated rings. The number of nitrogens with zero attached hydrogens (tertiary/aromatic N) is 1. The SMILES string of the molecule is CCCCOc1cccc(/C(O)=C2\C(=O)C(=O)N(CCc3ccccc3)C2c2ccc(O)cc2)c1. The molecule has 0 aliphatic carbocycles. The van der Waals surface area contributed by atoms with Crippen LogP contribution in [0.15, 0.2) is 84.4 Å². The molecule has 35 heavy (non-hydrogen) atoms. The average molecular weight is 472 g/mol. The van der Waals surface area contributed by atoms with Crippen LogP contribution < -0.4 is 4.74 Å². The maximum Gasteiger partial charge on any atom is 0.295 e. The third-order valence-corrected chi connectivity index (χ3v) is 6.11. The highest BCUT2D eigenvalue weighted by molar-refractivity contribution is 6.46. The molecule has 6 heteroatoms. The van der Waals surface area contributed by atoms with Gasteiger partial charge in [-0.1, -0.05) is 67.9 Å². The summed E-state index contributed by atoms with van der Waals surface area (Å²) in [5.41, 5.74) is 2.10. The van der Waals surface area contributed by atoms with Gasteiger partial charge in [0.2, 0.25) is 0 Å². The molecule has 4 rings (SSSR count). The van der Waals surface area contributed by atoms with E-state index in [2.05, 4.69) is 6.92 Å². The van der Waals surface area contributed by atoms with Crippen molar-refractivity contribution in [3.8, 4) is 11.5 Å². The summed E-state index contributed by atoms with van der Waals surface area (Å²) >= 11 is 0. The number of likely N-dealkylation sites (tertiary alicyclic amines) is 1. The van der Waals surface area contributed by atoms with Crippen LogP contribution in [0, 0.1) is 0 Å². The number of phenolic OH excluding ortho intramolecular Hbond substituents is 1. The first-order valence-corrected chi connectivity index (χ1v) is 11.8. The summed E-state index contributed by atoms with van der Waals surface area (Å²) in [6, 6.07) is 22.2. The zero-order valence-corrected chi connectivity index (χ0v) is 19.7. The maximum atomic E-state index is 13.2. The van der Waals surface area contributed by atoms with Crippen molar-refractivity contribution in [1.82, 2.24) is 4.90 Å². The quantitative estimate of drug-likeness (QED) is 0.193. The second-order valence-electron chi connectivity index (χ2n) is 8.55. The highest BCUT2D eigenvalue weighted by atomic mass is 16.5. The van der Waals surface area contributed by atoms with Gasteiger partial charge in [0, 0.05) is 12.1 Å². The molecular formula is C29H29NO5. The van der Waals surface area contributed by atoms with Crippen LogP contribution in [0.5, 0.6) is 11.5 Å². The summed E-state index contributed by atoms with van der Waals surface area (Å²) in [5.74, 6) is -0.972. The van der Waals surface area contributed by atoms with Gasteiger partial charge in [0.1, 0.15) is 17.3 Å². The molecule has 0 saturated carbocycles. The lowest BCUT2D eigenvalue weighted by Crippen LogP contribution is -2.31. The fourth-order valence-corrected chi connectivity index (χ4v) is 4.23. The number of unbranched alkanes of at least 4 members (excludes halogenated alkanes) is 1. The Morgan fingerprint density at radius 3 is 2.43 bits per heavy atom. The van der Waals surface area contributed by atoms with E-state index >= 15 is 0 Å². The van der Waals surface area contributed by atoms with Gasteiger partial charge >= 0.3 is 0 Å². The van der Waals surface area contributed by atoms with Crippen LogP contribution in [0.3, 0.4) is 0 Å². The van der Waals surface area contributed by atoms with Gasteiger partial charge in [-0.05, 0) is 48.2 Å². The first-order valence-electron chi connectivity index (χ1n) is 11.8. The topological polar surface area (TPSA) is 87.1 Å². The molecule has 0 aromatic heterocycles. The van der Waals surface area contributed by atoms with Crippen molar-refractivity contribution in [2.24, 2.45) is 0 Å². The third-order valence-electron chi connectivity index (χ3n) is 6.11. The van der Waals surface area contributed by atoms with E-state index in [1.807, 2.05) is 30.3 Å². The number of aliphatic hydroxyl groups excluding tert-OH is 1. The Bertz CT molecular complexity index is 1220. The highest BCUT2D eigenvalue weighted by Crippen LogP contribution is 2.40. The van der Waals surface area contributed by atoms with Crippen LogP contribution in [-0.4, -0.2) is 40.0 Å². The molecule has 6 nitrogen and oxygen atoms in total. The molecular weight excluding hydrogens is 442 g/mol. The lowest BCUT2D eigenvalue weighted by atomic mass is 9.95. The van der Waals surface area contributed by atoms with Crippen LogP contribution in [0.1, 0.15) is 42.5 Å². The second-order valence-corrected chi connectivity index (χ2v) is 8.55. The van der Waals surface area contributed by atoms with E-state index in [9.17, 15) is 19.8 Å². The first kappa shape index (κ1) is 24.1. The summed E-state index contributed by atoms with van der Waals surface area (Å²) in [6.07, 6.45) is 2.46. The summed E-state index contributed by atoms with van der Waals surface area (Å²) in [4.78, 5) is 27.8. The molecule has 1 unspecified atom stereocenters. The van der Waals surface area contributed by atoms with Crippen molar-refractivity contribution in [2.45, 2.75) is 32.2 Å². The van der Waals surface area contributed by atoms with E-state index < -0.39 is 17.7 Å². The predicted octanol–water partition coefficient (Wildman–Crippen LogP) is 5.24. The Hall–Kier alpha value is -4.06.